The molecule has 1 aromatic rings. The lowest BCUT2D eigenvalue weighted by atomic mass is 10.2. The molecule has 0 spiro atoms. The van der Waals surface area contributed by atoms with Gasteiger partial charge in [-0.25, -0.2) is 8.42 Å². The van der Waals surface area contributed by atoms with Crippen LogP contribution in [0.5, 0.6) is 0 Å². The predicted molar refractivity (Wildman–Crippen MR) is 71.5 cm³/mol. The third-order valence-corrected chi connectivity index (χ3v) is 4.21. The van der Waals surface area contributed by atoms with Crippen LogP contribution in [0.25, 0.3) is 0 Å². The second-order valence-electron chi connectivity index (χ2n) is 3.70. The van der Waals surface area contributed by atoms with E-state index in [1.165, 1.54) is 28.6 Å². The van der Waals surface area contributed by atoms with E-state index in [1.807, 2.05) is 0 Å². The smallest absolute Gasteiger partial charge is 0.243 e. The molecule has 1 aromatic carbocycles. The van der Waals surface area contributed by atoms with Crippen LogP contribution in [0, 0.1) is 0 Å². The van der Waals surface area contributed by atoms with Gasteiger partial charge in [0.2, 0.25) is 10.0 Å². The van der Waals surface area contributed by atoms with Crippen molar-refractivity contribution in [2.24, 2.45) is 0 Å². The van der Waals surface area contributed by atoms with Gasteiger partial charge in [0.05, 0.1) is 11.5 Å². The Kier molecular flexibility index (Phi) is 5.27. The normalized spacial score (nSPS) is 11.4. The van der Waals surface area contributed by atoms with Crippen LogP contribution in [0.4, 0.5) is 0 Å². The van der Waals surface area contributed by atoms with Crippen LogP contribution in [-0.2, 0) is 16.6 Å². The van der Waals surface area contributed by atoms with Crippen LogP contribution in [0.1, 0.15) is 5.56 Å². The highest BCUT2D eigenvalue weighted by Crippen LogP contribution is 2.17. The Morgan fingerprint density at radius 3 is 2.33 bits per heavy atom. The molecule has 0 fully saturated rings. The van der Waals surface area contributed by atoms with Crippen molar-refractivity contribution < 1.29 is 13.5 Å². The average Bonchev–Trinajstić information content (AvgIpc) is 2.38. The number of aliphatic hydroxyl groups excluding tert-OH is 1. The minimum Gasteiger partial charge on any atom is -0.392 e. The van der Waals surface area contributed by atoms with E-state index in [-0.39, 0.29) is 24.6 Å². The molecule has 0 unspecified atom stereocenters. The number of sulfonamides is 1. The standard InChI is InChI=1S/C13H17NO3S/c1-3-8-14(9-4-2)18(16,17)13-7-5-6-12(10-13)11-15/h3-7,10,15H,1-2,8-9,11H2. The molecule has 98 valence electrons. The summed E-state index contributed by atoms with van der Waals surface area (Å²) in [5.41, 5.74) is 0.563. The van der Waals surface area contributed by atoms with Gasteiger partial charge in [-0.3, -0.25) is 0 Å². The van der Waals surface area contributed by atoms with E-state index < -0.39 is 10.0 Å². The molecule has 0 radical (unpaired) electrons. The first-order valence-electron chi connectivity index (χ1n) is 5.48. The maximum Gasteiger partial charge on any atom is 0.243 e. The maximum atomic E-state index is 12.3. The summed E-state index contributed by atoms with van der Waals surface area (Å²) in [4.78, 5) is 0.165. The highest BCUT2D eigenvalue weighted by molar-refractivity contribution is 7.89. The molecule has 0 aliphatic heterocycles. The first-order valence-corrected chi connectivity index (χ1v) is 6.92. The van der Waals surface area contributed by atoms with Crippen molar-refractivity contribution in [3.05, 3.63) is 55.1 Å². The van der Waals surface area contributed by atoms with E-state index in [2.05, 4.69) is 13.2 Å². The van der Waals surface area contributed by atoms with Gasteiger partial charge in [-0.05, 0) is 17.7 Å². The molecule has 0 heterocycles. The first-order chi connectivity index (χ1) is 8.56. The summed E-state index contributed by atoms with van der Waals surface area (Å²) >= 11 is 0. The Balaban J connectivity index is 3.16. The average molecular weight is 267 g/mol. The van der Waals surface area contributed by atoms with E-state index in [4.69, 9.17) is 5.11 Å². The number of aliphatic hydroxyl groups is 1. The molecule has 0 aliphatic rings. The first kappa shape index (κ1) is 14.6. The van der Waals surface area contributed by atoms with E-state index in [1.54, 1.807) is 12.1 Å². The van der Waals surface area contributed by atoms with Crippen molar-refractivity contribution in [1.82, 2.24) is 4.31 Å². The molecule has 1 rings (SSSR count). The van der Waals surface area contributed by atoms with E-state index >= 15 is 0 Å². The third kappa shape index (κ3) is 3.29. The SMILES string of the molecule is C=CCN(CC=C)S(=O)(=O)c1cccc(CO)c1. The van der Waals surface area contributed by atoms with Gasteiger partial charge in [0.25, 0.3) is 0 Å². The Bertz CT molecular complexity index is 513. The molecule has 0 atom stereocenters. The summed E-state index contributed by atoms with van der Waals surface area (Å²) in [5.74, 6) is 0. The van der Waals surface area contributed by atoms with Crippen LogP contribution >= 0.6 is 0 Å². The summed E-state index contributed by atoms with van der Waals surface area (Å²) < 4.78 is 25.9. The summed E-state index contributed by atoms with van der Waals surface area (Å²) in [5, 5.41) is 9.03. The monoisotopic (exact) mass is 267 g/mol. The fraction of sp³-hybridized carbons (Fsp3) is 0.231. The van der Waals surface area contributed by atoms with Crippen LogP contribution < -0.4 is 0 Å². The van der Waals surface area contributed by atoms with Crippen LogP contribution in [-0.4, -0.2) is 30.9 Å². The van der Waals surface area contributed by atoms with Crippen molar-refractivity contribution >= 4 is 10.0 Å². The maximum absolute atomic E-state index is 12.3. The van der Waals surface area contributed by atoms with E-state index in [0.29, 0.717) is 5.56 Å². The van der Waals surface area contributed by atoms with Gasteiger partial charge in [0, 0.05) is 13.1 Å². The number of nitrogens with zero attached hydrogens (tertiary/aromatic N) is 1. The molecular weight excluding hydrogens is 250 g/mol. The molecule has 0 aromatic heterocycles. The highest BCUT2D eigenvalue weighted by Gasteiger charge is 2.22. The largest absolute Gasteiger partial charge is 0.392 e. The Labute approximate surface area is 108 Å². The third-order valence-electron chi connectivity index (χ3n) is 2.38. The Hall–Kier alpha value is -1.43. The van der Waals surface area contributed by atoms with Crippen molar-refractivity contribution in [3.63, 3.8) is 0 Å². The number of hydrogen-bond donors (Lipinski definition) is 1. The number of rotatable bonds is 7. The minimum atomic E-state index is -3.58. The van der Waals surface area contributed by atoms with Crippen LogP contribution in [0.15, 0.2) is 54.5 Å². The molecule has 0 saturated carbocycles. The van der Waals surface area contributed by atoms with Gasteiger partial charge in [0.1, 0.15) is 0 Å². The Morgan fingerprint density at radius 2 is 1.83 bits per heavy atom. The molecule has 0 amide bonds. The number of benzene rings is 1. The molecule has 0 saturated heterocycles. The number of hydrogen-bond acceptors (Lipinski definition) is 3. The van der Waals surface area contributed by atoms with Crippen molar-refractivity contribution in [2.75, 3.05) is 13.1 Å². The van der Waals surface area contributed by atoms with E-state index in [9.17, 15) is 8.42 Å². The van der Waals surface area contributed by atoms with Crippen molar-refractivity contribution in [1.29, 1.82) is 0 Å². The molecule has 18 heavy (non-hydrogen) atoms. The fourth-order valence-corrected chi connectivity index (χ4v) is 2.96. The molecular formula is C13H17NO3S. The van der Waals surface area contributed by atoms with Gasteiger partial charge in [0.15, 0.2) is 0 Å². The van der Waals surface area contributed by atoms with Crippen molar-refractivity contribution in [2.45, 2.75) is 11.5 Å². The zero-order chi connectivity index (χ0) is 13.6. The lowest BCUT2D eigenvalue weighted by Gasteiger charge is -2.19. The summed E-state index contributed by atoms with van der Waals surface area (Å²) in [6.45, 7) is 7.34. The van der Waals surface area contributed by atoms with Gasteiger partial charge in [-0.1, -0.05) is 24.3 Å². The quantitative estimate of drug-likeness (QED) is 0.762. The lowest BCUT2D eigenvalue weighted by molar-refractivity contribution is 0.281. The highest BCUT2D eigenvalue weighted by atomic mass is 32.2. The molecule has 4 nitrogen and oxygen atoms in total. The lowest BCUT2D eigenvalue weighted by Crippen LogP contribution is -2.31. The van der Waals surface area contributed by atoms with Crippen LogP contribution in [0.3, 0.4) is 0 Å². The zero-order valence-corrected chi connectivity index (χ0v) is 10.9. The van der Waals surface area contributed by atoms with Gasteiger partial charge >= 0.3 is 0 Å². The summed E-state index contributed by atoms with van der Waals surface area (Å²) in [7, 11) is -3.58. The second kappa shape index (κ2) is 6.49. The summed E-state index contributed by atoms with van der Waals surface area (Å²) in [6.07, 6.45) is 3.05. The van der Waals surface area contributed by atoms with Crippen molar-refractivity contribution in [3.8, 4) is 0 Å². The van der Waals surface area contributed by atoms with E-state index in [0.717, 1.165) is 0 Å². The van der Waals surface area contributed by atoms with Gasteiger partial charge in [-0.2, -0.15) is 4.31 Å². The second-order valence-corrected chi connectivity index (χ2v) is 5.64. The zero-order valence-electron chi connectivity index (χ0n) is 10.1. The molecule has 5 heteroatoms. The fourth-order valence-electron chi connectivity index (χ4n) is 1.51. The Morgan fingerprint density at radius 1 is 1.22 bits per heavy atom. The van der Waals surface area contributed by atoms with Gasteiger partial charge in [-0.15, -0.1) is 13.2 Å². The minimum absolute atomic E-state index is 0.165. The molecule has 1 N–H and O–H groups in total. The summed E-state index contributed by atoms with van der Waals surface area (Å²) in [6, 6.07) is 6.25. The topological polar surface area (TPSA) is 57.6 Å². The molecule has 0 bridgehead atoms. The predicted octanol–water partition coefficient (Wildman–Crippen LogP) is 1.54. The van der Waals surface area contributed by atoms with Gasteiger partial charge < -0.3 is 5.11 Å². The van der Waals surface area contributed by atoms with Crippen LogP contribution in [0.2, 0.25) is 0 Å². The molecule has 0 aliphatic carbocycles.